The van der Waals surface area contributed by atoms with Gasteiger partial charge in [0.05, 0.1) is 11.5 Å². The number of sulfone groups is 1. The Kier molecular flexibility index (Phi) is 8.06. The highest BCUT2D eigenvalue weighted by atomic mass is 32.2. The van der Waals surface area contributed by atoms with Gasteiger partial charge in [0.2, 0.25) is 0 Å². The van der Waals surface area contributed by atoms with Gasteiger partial charge in [0, 0.05) is 43.1 Å². The van der Waals surface area contributed by atoms with Gasteiger partial charge in [-0.15, -0.1) is 0 Å². The monoisotopic (exact) mass is 510 g/mol. The Labute approximate surface area is 212 Å². The molecule has 36 heavy (non-hydrogen) atoms. The molecule has 0 aromatic heterocycles. The van der Waals surface area contributed by atoms with E-state index in [1.807, 2.05) is 19.1 Å². The second kappa shape index (κ2) is 11.2. The predicted molar refractivity (Wildman–Crippen MR) is 138 cm³/mol. The molecule has 4 rings (SSSR count). The van der Waals surface area contributed by atoms with E-state index in [4.69, 9.17) is 4.74 Å². The third-order valence-electron chi connectivity index (χ3n) is 6.35. The summed E-state index contributed by atoms with van der Waals surface area (Å²) >= 11 is 0. The molecule has 0 aliphatic carbocycles. The third kappa shape index (κ3) is 6.50. The van der Waals surface area contributed by atoms with Crippen LogP contribution in [0.1, 0.15) is 35.7 Å². The fraction of sp³-hybridized carbons (Fsp3) is 0.321. The number of amides is 1. The standard InChI is InChI=1S/C28H31FN2O4S/c1-3-35-27-17-20(7-12-26(27)21-8-10-23(29)11-9-21)19-31-15-13-24(14-16-31)30-28(32)22-5-4-6-25(18-22)36(2,33)34/h4-12,17-18,24H,3,13-16,19H2,1-2H3,(H,30,32). The lowest BCUT2D eigenvalue weighted by Gasteiger charge is -2.32. The van der Waals surface area contributed by atoms with Crippen molar-refractivity contribution < 1.29 is 22.3 Å². The summed E-state index contributed by atoms with van der Waals surface area (Å²) in [5.74, 6) is 0.257. The summed E-state index contributed by atoms with van der Waals surface area (Å²) in [6.45, 7) is 4.91. The number of benzene rings is 3. The first-order valence-electron chi connectivity index (χ1n) is 12.1. The fourth-order valence-electron chi connectivity index (χ4n) is 4.44. The lowest BCUT2D eigenvalue weighted by molar-refractivity contribution is 0.0908. The van der Waals surface area contributed by atoms with Crippen LogP contribution in [0, 0.1) is 5.82 Å². The number of carbonyl (C=O) groups is 1. The zero-order chi connectivity index (χ0) is 25.7. The molecule has 1 saturated heterocycles. The van der Waals surface area contributed by atoms with Gasteiger partial charge >= 0.3 is 0 Å². The third-order valence-corrected chi connectivity index (χ3v) is 7.46. The van der Waals surface area contributed by atoms with Gasteiger partial charge in [0.1, 0.15) is 11.6 Å². The highest BCUT2D eigenvalue weighted by Gasteiger charge is 2.22. The van der Waals surface area contributed by atoms with Crippen LogP contribution in [0.4, 0.5) is 4.39 Å². The molecule has 8 heteroatoms. The van der Waals surface area contributed by atoms with Crippen LogP contribution in [0.5, 0.6) is 5.75 Å². The largest absolute Gasteiger partial charge is 0.493 e. The molecule has 0 atom stereocenters. The van der Waals surface area contributed by atoms with Crippen LogP contribution in [-0.2, 0) is 16.4 Å². The molecule has 0 radical (unpaired) electrons. The summed E-state index contributed by atoms with van der Waals surface area (Å²) in [6, 6.07) is 18.7. The fourth-order valence-corrected chi connectivity index (χ4v) is 5.11. The highest BCUT2D eigenvalue weighted by Crippen LogP contribution is 2.32. The van der Waals surface area contributed by atoms with E-state index in [0.29, 0.717) is 12.2 Å². The minimum atomic E-state index is -3.37. The van der Waals surface area contributed by atoms with Crippen LogP contribution < -0.4 is 10.1 Å². The summed E-state index contributed by atoms with van der Waals surface area (Å²) in [5, 5.41) is 3.05. The van der Waals surface area contributed by atoms with Crippen molar-refractivity contribution >= 4 is 15.7 Å². The van der Waals surface area contributed by atoms with Crippen LogP contribution in [0.3, 0.4) is 0 Å². The van der Waals surface area contributed by atoms with Gasteiger partial charge in [-0.05, 0) is 67.3 Å². The molecule has 1 N–H and O–H groups in total. The van der Waals surface area contributed by atoms with Gasteiger partial charge in [0.25, 0.3) is 5.91 Å². The smallest absolute Gasteiger partial charge is 0.251 e. The van der Waals surface area contributed by atoms with Crippen molar-refractivity contribution in [3.63, 3.8) is 0 Å². The first kappa shape index (κ1) is 25.9. The van der Waals surface area contributed by atoms with Crippen LogP contribution in [0.15, 0.2) is 71.6 Å². The number of nitrogens with zero attached hydrogens (tertiary/aromatic N) is 1. The van der Waals surface area contributed by atoms with Gasteiger partial charge in [-0.2, -0.15) is 0 Å². The Bertz CT molecular complexity index is 1320. The quantitative estimate of drug-likeness (QED) is 0.476. The maximum absolute atomic E-state index is 13.3. The first-order chi connectivity index (χ1) is 17.2. The Morgan fingerprint density at radius 1 is 1.06 bits per heavy atom. The summed E-state index contributed by atoms with van der Waals surface area (Å²) in [5.41, 5.74) is 3.32. The molecule has 0 saturated carbocycles. The molecule has 190 valence electrons. The van der Waals surface area contributed by atoms with Gasteiger partial charge in [-0.25, -0.2) is 12.8 Å². The van der Waals surface area contributed by atoms with E-state index >= 15 is 0 Å². The number of rotatable bonds is 8. The predicted octanol–water partition coefficient (Wildman–Crippen LogP) is 4.69. The minimum Gasteiger partial charge on any atom is -0.493 e. The molecule has 1 amide bonds. The van der Waals surface area contributed by atoms with Crippen molar-refractivity contribution in [1.82, 2.24) is 10.2 Å². The molecule has 1 aliphatic heterocycles. The number of hydrogen-bond acceptors (Lipinski definition) is 5. The van der Waals surface area contributed by atoms with Gasteiger partial charge in [0.15, 0.2) is 9.84 Å². The molecule has 1 heterocycles. The van der Waals surface area contributed by atoms with E-state index in [1.54, 1.807) is 24.3 Å². The van der Waals surface area contributed by atoms with Crippen molar-refractivity contribution in [3.05, 3.63) is 83.7 Å². The van der Waals surface area contributed by atoms with E-state index in [9.17, 15) is 17.6 Å². The molecule has 0 spiro atoms. The molecular weight excluding hydrogens is 479 g/mol. The van der Waals surface area contributed by atoms with Gasteiger partial charge < -0.3 is 10.1 Å². The molecule has 3 aromatic rings. The number of nitrogens with one attached hydrogen (secondary N) is 1. The van der Waals surface area contributed by atoms with Crippen molar-refractivity contribution in [2.45, 2.75) is 37.2 Å². The highest BCUT2D eigenvalue weighted by molar-refractivity contribution is 7.90. The van der Waals surface area contributed by atoms with Gasteiger partial charge in [-0.3, -0.25) is 9.69 Å². The van der Waals surface area contributed by atoms with Crippen molar-refractivity contribution in [1.29, 1.82) is 0 Å². The number of ether oxygens (including phenoxy) is 1. The summed E-state index contributed by atoms with van der Waals surface area (Å²) in [6.07, 6.45) is 2.75. The Morgan fingerprint density at radius 2 is 1.78 bits per heavy atom. The minimum absolute atomic E-state index is 0.0375. The van der Waals surface area contributed by atoms with E-state index in [0.717, 1.165) is 61.2 Å². The molecule has 1 fully saturated rings. The number of halogens is 1. The lowest BCUT2D eigenvalue weighted by Crippen LogP contribution is -2.44. The van der Waals surface area contributed by atoms with Crippen molar-refractivity contribution in [3.8, 4) is 16.9 Å². The molecular formula is C28H31FN2O4S. The Hall–Kier alpha value is -3.23. The van der Waals surface area contributed by atoms with Crippen LogP contribution in [0.2, 0.25) is 0 Å². The molecule has 6 nitrogen and oxygen atoms in total. The zero-order valence-electron chi connectivity index (χ0n) is 20.5. The maximum atomic E-state index is 13.3. The van der Waals surface area contributed by atoms with Gasteiger partial charge in [-0.1, -0.05) is 30.3 Å². The second-order valence-electron chi connectivity index (χ2n) is 9.09. The van der Waals surface area contributed by atoms with Crippen molar-refractivity contribution in [2.75, 3.05) is 26.0 Å². The van der Waals surface area contributed by atoms with Crippen LogP contribution in [-0.4, -0.2) is 51.2 Å². The maximum Gasteiger partial charge on any atom is 0.251 e. The zero-order valence-corrected chi connectivity index (χ0v) is 21.4. The average molecular weight is 511 g/mol. The number of hydrogen-bond donors (Lipinski definition) is 1. The molecule has 0 bridgehead atoms. The number of carbonyl (C=O) groups excluding carboxylic acids is 1. The van der Waals surface area contributed by atoms with E-state index in [2.05, 4.69) is 16.3 Å². The normalized spacial score (nSPS) is 15.0. The van der Waals surface area contributed by atoms with E-state index < -0.39 is 9.84 Å². The molecule has 0 unspecified atom stereocenters. The topological polar surface area (TPSA) is 75.7 Å². The van der Waals surface area contributed by atoms with Crippen molar-refractivity contribution in [2.24, 2.45) is 0 Å². The molecule has 1 aliphatic rings. The summed E-state index contributed by atoms with van der Waals surface area (Å²) < 4.78 is 42.8. The lowest BCUT2D eigenvalue weighted by atomic mass is 10.0. The van der Waals surface area contributed by atoms with Crippen LogP contribution in [0.25, 0.3) is 11.1 Å². The summed E-state index contributed by atoms with van der Waals surface area (Å²) in [7, 11) is -3.37. The van der Waals surface area contributed by atoms with E-state index in [1.165, 1.54) is 24.3 Å². The molecule has 3 aromatic carbocycles. The second-order valence-corrected chi connectivity index (χ2v) is 11.1. The Morgan fingerprint density at radius 3 is 2.44 bits per heavy atom. The SMILES string of the molecule is CCOc1cc(CN2CCC(NC(=O)c3cccc(S(C)(=O)=O)c3)CC2)ccc1-c1ccc(F)cc1. The number of piperidine rings is 1. The van der Waals surface area contributed by atoms with Crippen LogP contribution >= 0.6 is 0 Å². The first-order valence-corrected chi connectivity index (χ1v) is 14.0. The van der Waals surface area contributed by atoms with E-state index in [-0.39, 0.29) is 22.7 Å². The summed E-state index contributed by atoms with van der Waals surface area (Å²) in [4.78, 5) is 15.2. The Balaban J connectivity index is 1.35. The number of likely N-dealkylation sites (tertiary alicyclic amines) is 1. The average Bonchev–Trinajstić information content (AvgIpc) is 2.86.